The number of hydrogen-bond acceptors (Lipinski definition) is 4. The van der Waals surface area contributed by atoms with Gasteiger partial charge in [-0.2, -0.15) is 0 Å². The van der Waals surface area contributed by atoms with Crippen molar-refractivity contribution in [2.24, 2.45) is 4.99 Å². The van der Waals surface area contributed by atoms with Crippen molar-refractivity contribution in [3.8, 4) is 11.4 Å². The maximum absolute atomic E-state index is 12.4. The van der Waals surface area contributed by atoms with E-state index in [-0.39, 0.29) is 11.9 Å². The normalized spacial score (nSPS) is 17.9. The Morgan fingerprint density at radius 1 is 0.967 bits per heavy atom. The van der Waals surface area contributed by atoms with Crippen LogP contribution in [0.2, 0.25) is 0 Å². The van der Waals surface area contributed by atoms with Gasteiger partial charge in [-0.3, -0.25) is 4.79 Å². The number of para-hydroxylation sites is 1. The van der Waals surface area contributed by atoms with Crippen LogP contribution >= 0.6 is 0 Å². The number of amidine groups is 1. The van der Waals surface area contributed by atoms with E-state index < -0.39 is 0 Å². The molecule has 2 aliphatic rings. The molecule has 1 aromatic heterocycles. The van der Waals surface area contributed by atoms with Crippen molar-refractivity contribution in [2.45, 2.75) is 38.1 Å². The third kappa shape index (κ3) is 3.81. The summed E-state index contributed by atoms with van der Waals surface area (Å²) < 4.78 is 0. The van der Waals surface area contributed by atoms with E-state index in [1.165, 1.54) is 19.3 Å². The number of hydrogen-bond donors (Lipinski definition) is 2. The summed E-state index contributed by atoms with van der Waals surface area (Å²) in [6.07, 6.45) is 7.55. The van der Waals surface area contributed by atoms with Crippen molar-refractivity contribution in [1.82, 2.24) is 20.6 Å². The van der Waals surface area contributed by atoms with Gasteiger partial charge in [0, 0.05) is 23.1 Å². The summed E-state index contributed by atoms with van der Waals surface area (Å²) in [6, 6.07) is 18.0. The van der Waals surface area contributed by atoms with Gasteiger partial charge in [-0.15, -0.1) is 0 Å². The van der Waals surface area contributed by atoms with E-state index in [0.29, 0.717) is 23.2 Å². The van der Waals surface area contributed by atoms with Crippen molar-refractivity contribution in [3.05, 3.63) is 66.4 Å². The number of nitrogens with one attached hydrogen (secondary N) is 2. The van der Waals surface area contributed by atoms with Crippen LogP contribution in [-0.2, 0) is 4.79 Å². The molecule has 0 bridgehead atoms. The molecule has 0 radical (unpaired) electrons. The zero-order chi connectivity index (χ0) is 20.3. The summed E-state index contributed by atoms with van der Waals surface area (Å²) in [7, 11) is 0. The lowest BCUT2D eigenvalue weighted by Gasteiger charge is -2.25. The monoisotopic (exact) mass is 397 g/mol. The molecule has 0 unspecified atom stereocenters. The maximum atomic E-state index is 12.4. The Hall–Kier alpha value is -3.54. The van der Waals surface area contributed by atoms with Crippen molar-refractivity contribution in [1.29, 1.82) is 0 Å². The van der Waals surface area contributed by atoms with Crippen molar-refractivity contribution >= 4 is 28.5 Å². The Morgan fingerprint density at radius 3 is 2.50 bits per heavy atom. The Morgan fingerprint density at radius 2 is 1.70 bits per heavy atom. The third-order valence-electron chi connectivity index (χ3n) is 5.57. The molecule has 3 aromatic rings. The van der Waals surface area contributed by atoms with E-state index in [9.17, 15) is 4.79 Å². The van der Waals surface area contributed by atoms with Crippen molar-refractivity contribution in [2.75, 3.05) is 0 Å². The van der Waals surface area contributed by atoms with Crippen LogP contribution in [0.1, 0.15) is 32.1 Å². The highest BCUT2D eigenvalue weighted by molar-refractivity contribution is 6.14. The highest BCUT2D eigenvalue weighted by atomic mass is 16.2. The lowest BCUT2D eigenvalue weighted by atomic mass is 9.95. The Kier molecular flexibility index (Phi) is 4.97. The molecular weight excluding hydrogens is 374 g/mol. The molecule has 6 nitrogen and oxygen atoms in total. The van der Waals surface area contributed by atoms with Crippen LogP contribution in [0.3, 0.4) is 0 Å². The number of carbonyl (C=O) groups is 1. The Bertz CT molecular complexity index is 1150. The van der Waals surface area contributed by atoms with E-state index in [1.807, 2.05) is 54.6 Å². The average Bonchev–Trinajstić information content (AvgIpc) is 2.77. The fourth-order valence-corrected chi connectivity index (χ4v) is 3.94. The third-order valence-corrected chi connectivity index (χ3v) is 5.57. The summed E-state index contributed by atoms with van der Waals surface area (Å²) in [5.41, 5.74) is 2.33. The van der Waals surface area contributed by atoms with Crippen LogP contribution in [0.5, 0.6) is 0 Å². The van der Waals surface area contributed by atoms with Crippen LogP contribution in [0.4, 0.5) is 5.82 Å². The number of aliphatic imine (C=N–C) groups is 1. The molecule has 1 fully saturated rings. The minimum Gasteiger partial charge on any atom is -0.348 e. The predicted molar refractivity (Wildman–Crippen MR) is 118 cm³/mol. The van der Waals surface area contributed by atoms with Crippen LogP contribution in [0.15, 0.2) is 71.4 Å². The highest BCUT2D eigenvalue weighted by Gasteiger charge is 2.23. The number of fused-ring (bicyclic) bond motifs is 1. The molecule has 2 heterocycles. The summed E-state index contributed by atoms with van der Waals surface area (Å²) >= 11 is 0. The van der Waals surface area contributed by atoms with Gasteiger partial charge < -0.3 is 10.6 Å². The molecule has 0 spiro atoms. The minimum absolute atomic E-state index is 0.0571. The fourth-order valence-electron chi connectivity index (χ4n) is 3.94. The molecule has 0 atom stereocenters. The van der Waals surface area contributed by atoms with E-state index in [2.05, 4.69) is 25.6 Å². The summed E-state index contributed by atoms with van der Waals surface area (Å²) in [5, 5.41) is 7.07. The number of rotatable bonds is 4. The highest BCUT2D eigenvalue weighted by Crippen LogP contribution is 2.27. The van der Waals surface area contributed by atoms with Crippen LogP contribution in [0, 0.1) is 0 Å². The average molecular weight is 397 g/mol. The molecular formula is C24H23N5O. The van der Waals surface area contributed by atoms with Gasteiger partial charge in [0.2, 0.25) is 0 Å². The first-order chi connectivity index (χ1) is 14.8. The smallest absolute Gasteiger partial charge is 0.268 e. The molecule has 6 heteroatoms. The maximum Gasteiger partial charge on any atom is 0.268 e. The molecule has 1 amide bonds. The van der Waals surface area contributed by atoms with Crippen molar-refractivity contribution < 1.29 is 4.79 Å². The molecule has 2 N–H and O–H groups in total. The van der Waals surface area contributed by atoms with E-state index in [1.54, 1.807) is 6.08 Å². The first kappa shape index (κ1) is 18.5. The van der Waals surface area contributed by atoms with E-state index >= 15 is 0 Å². The summed E-state index contributed by atoms with van der Waals surface area (Å²) in [6.45, 7) is 0. The van der Waals surface area contributed by atoms with Gasteiger partial charge in [-0.05, 0) is 25.0 Å². The van der Waals surface area contributed by atoms with Crippen molar-refractivity contribution in [3.63, 3.8) is 0 Å². The molecule has 30 heavy (non-hydrogen) atoms. The molecule has 1 saturated carbocycles. The number of aromatic nitrogens is 2. The first-order valence-electron chi connectivity index (χ1n) is 10.5. The second kappa shape index (κ2) is 8.06. The largest absolute Gasteiger partial charge is 0.348 e. The second-order valence-corrected chi connectivity index (χ2v) is 7.74. The van der Waals surface area contributed by atoms with Gasteiger partial charge in [-0.1, -0.05) is 61.7 Å². The van der Waals surface area contributed by atoms with Gasteiger partial charge in [0.1, 0.15) is 11.5 Å². The number of nitrogens with zero attached hydrogens (tertiary/aromatic N) is 3. The molecule has 1 aliphatic carbocycles. The molecule has 1 aliphatic heterocycles. The standard InChI is InChI=1S/C24H23N5O/c30-24(25-17-11-5-2-6-12-17)20-15-21(26-20)28-23-18-13-7-8-14-19(18)27-22(29-23)16-9-3-1-4-10-16/h1,3-4,7-10,13-15,17H,2,5-6,11-12H2,(H,25,30)(H,26,27,28,29). The predicted octanol–water partition coefficient (Wildman–Crippen LogP) is 4.26. The fraction of sp³-hybridized carbons (Fsp3) is 0.250. The van der Waals surface area contributed by atoms with E-state index in [0.717, 1.165) is 29.3 Å². The second-order valence-electron chi connectivity index (χ2n) is 7.74. The van der Waals surface area contributed by atoms with Crippen LogP contribution in [-0.4, -0.2) is 27.8 Å². The lowest BCUT2D eigenvalue weighted by Crippen LogP contribution is -2.45. The summed E-state index contributed by atoms with van der Waals surface area (Å²) in [5.74, 6) is 1.79. The number of carbonyl (C=O) groups excluding carboxylic acids is 1. The SMILES string of the molecule is O=C(NC1CCCCC1)C1=CC(=Nc2nc(-c3ccccc3)nc3ccccc23)N1. The van der Waals surface area contributed by atoms with Crippen LogP contribution < -0.4 is 10.6 Å². The number of amides is 1. The lowest BCUT2D eigenvalue weighted by molar-refractivity contribution is -0.118. The summed E-state index contributed by atoms with van der Waals surface area (Å²) in [4.78, 5) is 26.4. The zero-order valence-electron chi connectivity index (χ0n) is 16.6. The topological polar surface area (TPSA) is 79.3 Å². The van der Waals surface area contributed by atoms with Gasteiger partial charge >= 0.3 is 0 Å². The van der Waals surface area contributed by atoms with Gasteiger partial charge in [-0.25, -0.2) is 15.0 Å². The first-order valence-corrected chi connectivity index (χ1v) is 10.5. The van der Waals surface area contributed by atoms with Gasteiger partial charge in [0.15, 0.2) is 11.6 Å². The molecule has 150 valence electrons. The molecule has 2 aromatic carbocycles. The van der Waals surface area contributed by atoms with Gasteiger partial charge in [0.25, 0.3) is 5.91 Å². The minimum atomic E-state index is -0.0571. The van der Waals surface area contributed by atoms with Crippen LogP contribution in [0.25, 0.3) is 22.3 Å². The number of benzene rings is 2. The molecule has 5 rings (SSSR count). The molecule has 0 saturated heterocycles. The Balaban J connectivity index is 1.41. The zero-order valence-corrected chi connectivity index (χ0v) is 16.6. The Labute approximate surface area is 175 Å². The quantitative estimate of drug-likeness (QED) is 0.689. The van der Waals surface area contributed by atoms with Gasteiger partial charge in [0.05, 0.1) is 5.52 Å². The van der Waals surface area contributed by atoms with E-state index in [4.69, 9.17) is 0 Å².